The maximum atomic E-state index is 6.05. The highest BCUT2D eigenvalue weighted by Gasteiger charge is 2.13. The fourth-order valence-corrected chi connectivity index (χ4v) is 3.23. The van der Waals surface area contributed by atoms with Gasteiger partial charge >= 0.3 is 0 Å². The van der Waals surface area contributed by atoms with Crippen molar-refractivity contribution in [2.24, 2.45) is 0 Å². The zero-order chi connectivity index (χ0) is 19.3. The molecule has 0 atom stereocenters. The van der Waals surface area contributed by atoms with E-state index in [1.54, 1.807) is 6.20 Å². The third-order valence-corrected chi connectivity index (χ3v) is 4.56. The molecule has 7 nitrogen and oxygen atoms in total. The molecule has 0 radical (unpaired) electrons. The van der Waals surface area contributed by atoms with E-state index < -0.39 is 0 Å². The van der Waals surface area contributed by atoms with Crippen molar-refractivity contribution >= 4 is 11.2 Å². The SMILES string of the molecule is CC(C)Oc1cc(OCCN2CCOCC2)cc(-c2nc3ncccc3[nH]2)c1. The Morgan fingerprint density at radius 2 is 2.00 bits per heavy atom. The fourth-order valence-electron chi connectivity index (χ4n) is 3.23. The number of benzene rings is 1. The Balaban J connectivity index is 1.54. The molecule has 1 aliphatic heterocycles. The van der Waals surface area contributed by atoms with Crippen LogP contribution in [0.1, 0.15) is 13.8 Å². The molecule has 0 bridgehead atoms. The van der Waals surface area contributed by atoms with Gasteiger partial charge in [0, 0.05) is 37.5 Å². The number of hydrogen-bond donors (Lipinski definition) is 1. The van der Waals surface area contributed by atoms with Crippen molar-refractivity contribution < 1.29 is 14.2 Å². The Morgan fingerprint density at radius 1 is 1.18 bits per heavy atom. The maximum absolute atomic E-state index is 6.05. The summed E-state index contributed by atoms with van der Waals surface area (Å²) in [6.45, 7) is 9.01. The number of hydrogen-bond acceptors (Lipinski definition) is 6. The van der Waals surface area contributed by atoms with Gasteiger partial charge in [0.1, 0.15) is 23.9 Å². The van der Waals surface area contributed by atoms with E-state index in [4.69, 9.17) is 14.2 Å². The minimum Gasteiger partial charge on any atom is -0.492 e. The van der Waals surface area contributed by atoms with Crippen LogP contribution in [0.25, 0.3) is 22.6 Å². The van der Waals surface area contributed by atoms with E-state index in [1.165, 1.54) is 0 Å². The largest absolute Gasteiger partial charge is 0.492 e. The molecule has 0 aliphatic carbocycles. The number of aromatic nitrogens is 3. The second-order valence-electron chi connectivity index (χ2n) is 7.12. The first-order chi connectivity index (χ1) is 13.7. The van der Waals surface area contributed by atoms with Crippen molar-refractivity contribution in [2.75, 3.05) is 39.5 Å². The van der Waals surface area contributed by atoms with Crippen molar-refractivity contribution in [3.63, 3.8) is 0 Å². The number of rotatable bonds is 7. The molecule has 3 aromatic rings. The predicted octanol–water partition coefficient (Wildman–Crippen LogP) is 3.12. The number of nitrogens with one attached hydrogen (secondary N) is 1. The normalized spacial score (nSPS) is 15.2. The molecule has 148 valence electrons. The zero-order valence-corrected chi connectivity index (χ0v) is 16.4. The number of aromatic amines is 1. The van der Waals surface area contributed by atoms with E-state index in [-0.39, 0.29) is 6.10 Å². The smallest absolute Gasteiger partial charge is 0.178 e. The van der Waals surface area contributed by atoms with Crippen molar-refractivity contribution in [3.8, 4) is 22.9 Å². The van der Waals surface area contributed by atoms with Gasteiger partial charge in [-0.3, -0.25) is 4.90 Å². The highest BCUT2D eigenvalue weighted by Crippen LogP contribution is 2.30. The molecule has 4 rings (SSSR count). The van der Waals surface area contributed by atoms with Crippen molar-refractivity contribution in [1.29, 1.82) is 0 Å². The molecule has 7 heteroatoms. The summed E-state index contributed by atoms with van der Waals surface area (Å²) in [4.78, 5) is 14.6. The van der Waals surface area contributed by atoms with Crippen LogP contribution in [0.4, 0.5) is 0 Å². The molecule has 0 spiro atoms. The summed E-state index contributed by atoms with van der Waals surface area (Å²) in [6, 6.07) is 9.76. The van der Waals surface area contributed by atoms with Crippen LogP contribution in [0.2, 0.25) is 0 Å². The van der Waals surface area contributed by atoms with Gasteiger partial charge in [-0.25, -0.2) is 9.97 Å². The van der Waals surface area contributed by atoms with Gasteiger partial charge in [0.2, 0.25) is 0 Å². The van der Waals surface area contributed by atoms with Gasteiger partial charge in [0.15, 0.2) is 5.65 Å². The first kappa shape index (κ1) is 18.7. The van der Waals surface area contributed by atoms with Crippen molar-refractivity contribution in [3.05, 3.63) is 36.5 Å². The number of pyridine rings is 1. The molecular formula is C21H26N4O3. The highest BCUT2D eigenvalue weighted by atomic mass is 16.5. The Kier molecular flexibility index (Phi) is 5.73. The van der Waals surface area contributed by atoms with Crippen molar-refractivity contribution in [1.82, 2.24) is 19.9 Å². The lowest BCUT2D eigenvalue weighted by Crippen LogP contribution is -2.38. The van der Waals surface area contributed by atoms with E-state index in [0.717, 1.165) is 61.3 Å². The van der Waals surface area contributed by atoms with Gasteiger partial charge in [-0.15, -0.1) is 0 Å². The predicted molar refractivity (Wildman–Crippen MR) is 108 cm³/mol. The summed E-state index contributed by atoms with van der Waals surface area (Å²) in [5.74, 6) is 2.29. The minimum atomic E-state index is 0.0776. The number of H-pyrrole nitrogens is 1. The third kappa shape index (κ3) is 4.61. The molecule has 1 saturated heterocycles. The molecule has 28 heavy (non-hydrogen) atoms. The number of imidazole rings is 1. The Morgan fingerprint density at radius 3 is 2.79 bits per heavy atom. The Labute approximate surface area is 164 Å². The van der Waals surface area contributed by atoms with Gasteiger partial charge in [0.25, 0.3) is 0 Å². The van der Waals surface area contributed by atoms with Crippen LogP contribution in [0, 0.1) is 0 Å². The Bertz CT molecular complexity index is 886. The van der Waals surface area contributed by atoms with Crippen molar-refractivity contribution in [2.45, 2.75) is 20.0 Å². The van der Waals surface area contributed by atoms with Crippen LogP contribution >= 0.6 is 0 Å². The number of morpholine rings is 1. The second-order valence-corrected chi connectivity index (χ2v) is 7.12. The zero-order valence-electron chi connectivity index (χ0n) is 16.4. The molecule has 3 heterocycles. The van der Waals surface area contributed by atoms with Crippen LogP contribution in [0.15, 0.2) is 36.5 Å². The number of ether oxygens (including phenoxy) is 3. The topological polar surface area (TPSA) is 72.5 Å². The van der Waals surface area contributed by atoms with Gasteiger partial charge in [-0.1, -0.05) is 0 Å². The molecule has 0 amide bonds. The lowest BCUT2D eigenvalue weighted by atomic mass is 10.2. The quantitative estimate of drug-likeness (QED) is 0.677. The third-order valence-electron chi connectivity index (χ3n) is 4.56. The molecular weight excluding hydrogens is 356 g/mol. The Hall–Kier alpha value is -2.64. The summed E-state index contributed by atoms with van der Waals surface area (Å²) in [5.41, 5.74) is 2.52. The van der Waals surface area contributed by atoms with E-state index in [1.807, 2.05) is 44.2 Å². The van der Waals surface area contributed by atoms with Crippen LogP contribution < -0.4 is 9.47 Å². The minimum absolute atomic E-state index is 0.0776. The average molecular weight is 382 g/mol. The first-order valence-electron chi connectivity index (χ1n) is 9.73. The van der Waals surface area contributed by atoms with Crippen LogP contribution in [-0.2, 0) is 4.74 Å². The fraction of sp³-hybridized carbons (Fsp3) is 0.429. The first-order valence-corrected chi connectivity index (χ1v) is 9.73. The van der Waals surface area contributed by atoms with E-state index in [2.05, 4.69) is 19.9 Å². The molecule has 1 aliphatic rings. The maximum Gasteiger partial charge on any atom is 0.178 e. The number of nitrogens with zero attached hydrogens (tertiary/aromatic N) is 3. The van der Waals surface area contributed by atoms with E-state index >= 15 is 0 Å². The van der Waals surface area contributed by atoms with E-state index in [9.17, 15) is 0 Å². The van der Waals surface area contributed by atoms with E-state index in [0.29, 0.717) is 12.3 Å². The van der Waals surface area contributed by atoms with Crippen LogP contribution in [-0.4, -0.2) is 65.4 Å². The summed E-state index contributed by atoms with van der Waals surface area (Å²) in [5, 5.41) is 0. The summed E-state index contributed by atoms with van der Waals surface area (Å²) >= 11 is 0. The van der Waals surface area contributed by atoms with Gasteiger partial charge < -0.3 is 19.2 Å². The van der Waals surface area contributed by atoms with Gasteiger partial charge in [0.05, 0.1) is 24.8 Å². The number of fused-ring (bicyclic) bond motifs is 1. The molecule has 1 N–H and O–H groups in total. The lowest BCUT2D eigenvalue weighted by Gasteiger charge is -2.26. The highest BCUT2D eigenvalue weighted by molar-refractivity contribution is 5.76. The molecule has 1 fully saturated rings. The standard InChI is InChI=1S/C21H26N4O3/c1-15(2)28-18-13-16(20-23-19-4-3-5-22-21(19)24-20)12-17(14-18)27-11-8-25-6-9-26-10-7-25/h3-5,12-15H,6-11H2,1-2H3,(H,22,23,24). The molecule has 2 aromatic heterocycles. The second kappa shape index (κ2) is 8.58. The monoisotopic (exact) mass is 382 g/mol. The molecule has 1 aromatic carbocycles. The van der Waals surface area contributed by atoms with Gasteiger partial charge in [-0.2, -0.15) is 0 Å². The molecule has 0 unspecified atom stereocenters. The summed E-state index contributed by atoms with van der Waals surface area (Å²) in [6.07, 6.45) is 1.82. The van der Waals surface area contributed by atoms with Crippen LogP contribution in [0.5, 0.6) is 11.5 Å². The van der Waals surface area contributed by atoms with Crippen LogP contribution in [0.3, 0.4) is 0 Å². The molecule has 0 saturated carbocycles. The summed E-state index contributed by atoms with van der Waals surface area (Å²) in [7, 11) is 0. The summed E-state index contributed by atoms with van der Waals surface area (Å²) < 4.78 is 17.4. The average Bonchev–Trinajstić information content (AvgIpc) is 3.12. The van der Waals surface area contributed by atoms with Gasteiger partial charge in [-0.05, 0) is 38.1 Å². The lowest BCUT2D eigenvalue weighted by molar-refractivity contribution is 0.0322.